The standard InChI is InChI=1S/C20H14F3N7/c21-20(22,23)15-7-12(4-5-16(15)25)10-30-18-14(9-27-30)17(28-19(26)29-18)13-3-1-2-11(6-13)8-24/h1-7,9H,10,25H2,(H2,26,28,29). The molecule has 2 aromatic heterocycles. The van der Waals surface area contributed by atoms with Crippen molar-refractivity contribution in [3.8, 4) is 17.3 Å². The molecule has 0 aliphatic rings. The Bertz CT molecular complexity index is 1300. The van der Waals surface area contributed by atoms with E-state index in [-0.39, 0.29) is 18.2 Å². The molecule has 4 aromatic rings. The lowest BCUT2D eigenvalue weighted by Gasteiger charge is -2.12. The smallest absolute Gasteiger partial charge is 0.398 e. The second-order valence-corrected chi connectivity index (χ2v) is 6.58. The number of nitrogens with zero attached hydrogens (tertiary/aromatic N) is 5. The van der Waals surface area contributed by atoms with E-state index in [1.165, 1.54) is 23.0 Å². The number of hydrogen-bond donors (Lipinski definition) is 2. The van der Waals surface area contributed by atoms with E-state index in [4.69, 9.17) is 16.7 Å². The van der Waals surface area contributed by atoms with E-state index in [9.17, 15) is 13.2 Å². The maximum atomic E-state index is 13.2. The van der Waals surface area contributed by atoms with E-state index in [2.05, 4.69) is 21.1 Å². The van der Waals surface area contributed by atoms with Crippen LogP contribution >= 0.6 is 0 Å². The van der Waals surface area contributed by atoms with Gasteiger partial charge in [0, 0.05) is 11.3 Å². The topological polar surface area (TPSA) is 119 Å². The van der Waals surface area contributed by atoms with Crippen LogP contribution in [0.4, 0.5) is 24.8 Å². The number of halogens is 3. The minimum atomic E-state index is -4.56. The highest BCUT2D eigenvalue weighted by atomic mass is 19.4. The van der Waals surface area contributed by atoms with Gasteiger partial charge in [0.2, 0.25) is 5.95 Å². The number of anilines is 2. The van der Waals surface area contributed by atoms with Gasteiger partial charge in [-0.25, -0.2) is 9.67 Å². The van der Waals surface area contributed by atoms with Crippen LogP contribution in [-0.4, -0.2) is 19.7 Å². The molecular formula is C20H14F3N7. The van der Waals surface area contributed by atoms with Gasteiger partial charge in [0.1, 0.15) is 0 Å². The Kier molecular flexibility index (Phi) is 4.50. The molecule has 0 unspecified atom stereocenters. The lowest BCUT2D eigenvalue weighted by atomic mass is 10.1. The summed E-state index contributed by atoms with van der Waals surface area (Å²) < 4.78 is 40.9. The van der Waals surface area contributed by atoms with Gasteiger partial charge in [0.15, 0.2) is 5.65 Å². The fourth-order valence-corrected chi connectivity index (χ4v) is 3.16. The molecule has 0 fully saturated rings. The van der Waals surface area contributed by atoms with Crippen LogP contribution in [0.1, 0.15) is 16.7 Å². The molecule has 0 bridgehead atoms. The number of nitriles is 1. The van der Waals surface area contributed by atoms with Crippen LogP contribution in [0.25, 0.3) is 22.3 Å². The molecule has 150 valence electrons. The normalized spacial score (nSPS) is 11.5. The Hall–Kier alpha value is -4.13. The molecule has 0 saturated heterocycles. The molecule has 0 aliphatic heterocycles. The molecule has 0 amide bonds. The van der Waals surface area contributed by atoms with Crippen molar-refractivity contribution in [2.75, 3.05) is 11.5 Å². The van der Waals surface area contributed by atoms with Gasteiger partial charge in [-0.2, -0.15) is 28.5 Å². The summed E-state index contributed by atoms with van der Waals surface area (Å²) in [5.41, 5.74) is 12.4. The summed E-state index contributed by atoms with van der Waals surface area (Å²) in [7, 11) is 0. The quantitative estimate of drug-likeness (QED) is 0.499. The van der Waals surface area contributed by atoms with Gasteiger partial charge >= 0.3 is 6.18 Å². The summed E-state index contributed by atoms with van der Waals surface area (Å²) in [5.74, 6) is -0.0186. The van der Waals surface area contributed by atoms with Gasteiger partial charge in [-0.05, 0) is 29.8 Å². The predicted octanol–water partition coefficient (Wildman–Crippen LogP) is 3.60. The van der Waals surface area contributed by atoms with Crippen molar-refractivity contribution in [3.05, 3.63) is 65.4 Å². The summed E-state index contributed by atoms with van der Waals surface area (Å²) in [6, 6.07) is 12.6. The summed E-state index contributed by atoms with van der Waals surface area (Å²) in [6.07, 6.45) is -3.04. The van der Waals surface area contributed by atoms with Crippen molar-refractivity contribution in [3.63, 3.8) is 0 Å². The zero-order valence-electron chi connectivity index (χ0n) is 15.4. The summed E-state index contributed by atoms with van der Waals surface area (Å²) in [6.45, 7) is 0.0288. The molecule has 4 N–H and O–H groups in total. The van der Waals surface area contributed by atoms with Crippen LogP contribution in [0.3, 0.4) is 0 Å². The number of rotatable bonds is 3. The van der Waals surface area contributed by atoms with Crippen molar-refractivity contribution in [2.45, 2.75) is 12.7 Å². The van der Waals surface area contributed by atoms with Gasteiger partial charge in [0.25, 0.3) is 0 Å². The zero-order valence-corrected chi connectivity index (χ0v) is 15.4. The van der Waals surface area contributed by atoms with Crippen molar-refractivity contribution in [1.82, 2.24) is 19.7 Å². The third kappa shape index (κ3) is 3.48. The Morgan fingerprint density at radius 1 is 1.07 bits per heavy atom. The van der Waals surface area contributed by atoms with Crippen LogP contribution in [0.5, 0.6) is 0 Å². The van der Waals surface area contributed by atoms with Crippen molar-refractivity contribution in [1.29, 1.82) is 5.26 Å². The predicted molar refractivity (Wildman–Crippen MR) is 105 cm³/mol. The van der Waals surface area contributed by atoms with Gasteiger partial charge in [-0.1, -0.05) is 18.2 Å². The van der Waals surface area contributed by atoms with E-state index < -0.39 is 11.7 Å². The highest BCUT2D eigenvalue weighted by Crippen LogP contribution is 2.34. The van der Waals surface area contributed by atoms with Gasteiger partial charge in [-0.15, -0.1) is 0 Å². The van der Waals surface area contributed by atoms with Crippen molar-refractivity contribution in [2.24, 2.45) is 0 Å². The monoisotopic (exact) mass is 409 g/mol. The Balaban J connectivity index is 1.80. The molecular weight excluding hydrogens is 395 g/mol. The number of nitrogens with two attached hydrogens (primary N) is 2. The number of hydrogen-bond acceptors (Lipinski definition) is 6. The first-order valence-electron chi connectivity index (χ1n) is 8.71. The van der Waals surface area contributed by atoms with Crippen LogP contribution < -0.4 is 11.5 Å². The number of fused-ring (bicyclic) bond motifs is 1. The molecule has 0 spiro atoms. The average molecular weight is 409 g/mol. The molecule has 0 atom stereocenters. The highest BCUT2D eigenvalue weighted by Gasteiger charge is 2.33. The number of nitrogen functional groups attached to an aromatic ring is 2. The third-order valence-electron chi connectivity index (χ3n) is 4.53. The lowest BCUT2D eigenvalue weighted by Crippen LogP contribution is -2.11. The Morgan fingerprint density at radius 2 is 1.87 bits per heavy atom. The first-order valence-corrected chi connectivity index (χ1v) is 8.71. The van der Waals surface area contributed by atoms with Crippen LogP contribution in [-0.2, 0) is 12.7 Å². The van der Waals surface area contributed by atoms with E-state index in [1.54, 1.807) is 24.3 Å². The Labute approximate surface area is 168 Å². The van der Waals surface area contributed by atoms with E-state index in [0.717, 1.165) is 6.07 Å². The fraction of sp³-hybridized carbons (Fsp3) is 0.100. The number of aromatic nitrogens is 4. The maximum Gasteiger partial charge on any atom is 0.418 e. The summed E-state index contributed by atoms with van der Waals surface area (Å²) in [5, 5.41) is 13.9. The maximum absolute atomic E-state index is 13.2. The van der Waals surface area contributed by atoms with Crippen molar-refractivity contribution >= 4 is 22.7 Å². The van der Waals surface area contributed by atoms with E-state index in [0.29, 0.717) is 33.4 Å². The first kappa shape index (κ1) is 19.2. The second-order valence-electron chi connectivity index (χ2n) is 6.58. The lowest BCUT2D eigenvalue weighted by molar-refractivity contribution is -0.136. The SMILES string of the molecule is N#Cc1cccc(-c2nc(N)nc3c2cnn3Cc2ccc(N)c(C(F)(F)F)c2)c1. The molecule has 4 rings (SSSR count). The second kappa shape index (κ2) is 7.04. The molecule has 2 aromatic carbocycles. The van der Waals surface area contributed by atoms with Crippen molar-refractivity contribution < 1.29 is 13.2 Å². The van der Waals surface area contributed by atoms with Gasteiger partial charge < -0.3 is 11.5 Å². The van der Waals surface area contributed by atoms with Gasteiger partial charge in [-0.3, -0.25) is 0 Å². The molecule has 10 heteroatoms. The largest absolute Gasteiger partial charge is 0.418 e. The van der Waals surface area contributed by atoms with E-state index >= 15 is 0 Å². The molecule has 0 radical (unpaired) electrons. The molecule has 0 saturated carbocycles. The first-order chi connectivity index (χ1) is 14.3. The van der Waals surface area contributed by atoms with Crippen LogP contribution in [0.2, 0.25) is 0 Å². The number of benzene rings is 2. The molecule has 0 aliphatic carbocycles. The van der Waals surface area contributed by atoms with Crippen LogP contribution in [0, 0.1) is 11.3 Å². The zero-order chi connectivity index (χ0) is 21.5. The molecule has 2 heterocycles. The minimum absolute atomic E-state index is 0.0186. The molecule has 30 heavy (non-hydrogen) atoms. The summed E-state index contributed by atoms with van der Waals surface area (Å²) >= 11 is 0. The minimum Gasteiger partial charge on any atom is -0.398 e. The van der Waals surface area contributed by atoms with Crippen LogP contribution in [0.15, 0.2) is 48.7 Å². The Morgan fingerprint density at radius 3 is 2.60 bits per heavy atom. The fourth-order valence-electron chi connectivity index (χ4n) is 3.16. The third-order valence-corrected chi connectivity index (χ3v) is 4.53. The number of alkyl halides is 3. The average Bonchev–Trinajstić information content (AvgIpc) is 3.10. The van der Waals surface area contributed by atoms with Gasteiger partial charge in [0.05, 0.1) is 41.0 Å². The highest BCUT2D eigenvalue weighted by molar-refractivity contribution is 5.91. The van der Waals surface area contributed by atoms with E-state index in [1.807, 2.05) is 0 Å². The molecule has 7 nitrogen and oxygen atoms in total. The summed E-state index contributed by atoms with van der Waals surface area (Å²) in [4.78, 5) is 8.47.